The highest BCUT2D eigenvalue weighted by Crippen LogP contribution is 2.39. The van der Waals surface area contributed by atoms with E-state index in [2.05, 4.69) is 77.2 Å². The predicted molar refractivity (Wildman–Crippen MR) is 281 cm³/mol. The van der Waals surface area contributed by atoms with Crippen molar-refractivity contribution in [3.63, 3.8) is 0 Å². The molecule has 356 valence electrons. The number of rotatable bonds is 8. The maximum Gasteiger partial charge on any atom is 0.229 e. The summed E-state index contributed by atoms with van der Waals surface area (Å²) in [6, 6.07) is 35.6. The number of fused-ring (bicyclic) bond motifs is 4. The van der Waals surface area contributed by atoms with Gasteiger partial charge in [-0.2, -0.15) is 10.5 Å². The first kappa shape index (κ1) is 51.0. The highest BCUT2D eigenvalue weighted by Gasteiger charge is 2.24. The second-order valence-electron chi connectivity index (χ2n) is 16.4. The third kappa shape index (κ3) is 11.7. The van der Waals surface area contributed by atoms with Gasteiger partial charge >= 0.3 is 0 Å². The van der Waals surface area contributed by atoms with Gasteiger partial charge in [-0.15, -0.1) is 0 Å². The molecule has 0 bridgehead atoms. The van der Waals surface area contributed by atoms with Crippen molar-refractivity contribution in [3.05, 3.63) is 171 Å². The normalized spacial score (nSPS) is 14.6. The van der Waals surface area contributed by atoms with Crippen molar-refractivity contribution in [2.45, 2.75) is 45.2 Å². The summed E-state index contributed by atoms with van der Waals surface area (Å²) in [5.41, 5.74) is 17.3. The minimum Gasteiger partial charge on any atom is -0.377 e. The van der Waals surface area contributed by atoms with Gasteiger partial charge in [-0.05, 0) is 95.5 Å². The number of aromatic nitrogens is 4. The lowest BCUT2D eigenvalue weighted by Crippen LogP contribution is -2.10. The summed E-state index contributed by atoms with van der Waals surface area (Å²) in [4.78, 5) is 16.8. The Kier molecular flexibility index (Phi) is 15.6. The van der Waals surface area contributed by atoms with Gasteiger partial charge in [0.15, 0.2) is 10.3 Å². The zero-order chi connectivity index (χ0) is 49.0. The molecule has 10 rings (SSSR count). The van der Waals surface area contributed by atoms with E-state index in [0.29, 0.717) is 38.7 Å². The summed E-state index contributed by atoms with van der Waals surface area (Å²) < 4.78 is 51.0. The Bertz CT molecular complexity index is 3620. The lowest BCUT2D eigenvalue weighted by atomic mass is 10.0. The topological polar surface area (TPSA) is 230 Å². The van der Waals surface area contributed by atoms with E-state index in [1.54, 1.807) is 42.7 Å². The fraction of sp³-hybridized carbons (Fsp3) is 0.176. The molecule has 5 N–H and O–H groups in total. The van der Waals surface area contributed by atoms with E-state index in [4.69, 9.17) is 45.8 Å². The van der Waals surface area contributed by atoms with E-state index < -0.39 is 20.0 Å². The highest BCUT2D eigenvalue weighted by molar-refractivity contribution is 7.92. The molecule has 2 aliphatic carbocycles. The molecule has 0 aliphatic heterocycles. The SMILES string of the molecule is C.CS(=O)(=O)Nc1cc(-c2ccc3ncc(C#N)c(Cl)c3c2)cnc1Cl.CS(=O)(=O)Nc1cc(-c2ccc3ncc(C#N)c(NC4CCc5ccccc54)c3c2)cnc1Cl.NC1CCc2ccccc21. The molecule has 0 amide bonds. The molecule has 4 aromatic heterocycles. The zero-order valence-electron chi connectivity index (χ0n) is 36.9. The van der Waals surface area contributed by atoms with Gasteiger partial charge in [-0.1, -0.05) is 103 Å². The maximum atomic E-state index is 11.7. The summed E-state index contributed by atoms with van der Waals surface area (Å²) in [6.45, 7) is 0. The number of nitriles is 2. The van der Waals surface area contributed by atoms with Crippen molar-refractivity contribution in [1.82, 2.24) is 19.9 Å². The molecule has 0 radical (unpaired) electrons. The lowest BCUT2D eigenvalue weighted by molar-refractivity contribution is 0.605. The lowest BCUT2D eigenvalue weighted by Gasteiger charge is -2.19. The molecule has 19 heteroatoms. The number of sulfonamides is 2. The van der Waals surface area contributed by atoms with Gasteiger partial charge in [0, 0.05) is 52.7 Å². The van der Waals surface area contributed by atoms with Crippen LogP contribution in [-0.4, -0.2) is 49.3 Å². The molecule has 70 heavy (non-hydrogen) atoms. The van der Waals surface area contributed by atoms with Gasteiger partial charge in [-0.25, -0.2) is 26.8 Å². The Hall–Kier alpha value is -6.89. The number of nitrogens with zero attached hydrogens (tertiary/aromatic N) is 6. The number of pyridine rings is 4. The smallest absolute Gasteiger partial charge is 0.229 e. The predicted octanol–water partition coefficient (Wildman–Crippen LogP) is 11.4. The van der Waals surface area contributed by atoms with Crippen LogP contribution in [0.2, 0.25) is 15.3 Å². The van der Waals surface area contributed by atoms with Crippen molar-refractivity contribution in [1.29, 1.82) is 10.5 Å². The van der Waals surface area contributed by atoms with Crippen LogP contribution in [0.25, 0.3) is 44.1 Å². The summed E-state index contributed by atoms with van der Waals surface area (Å²) in [5, 5.41) is 24.3. The number of nitrogens with two attached hydrogens (primary N) is 1. The Balaban J connectivity index is 0.000000175. The molecule has 14 nitrogen and oxygen atoms in total. The van der Waals surface area contributed by atoms with Crippen LogP contribution in [0.15, 0.2) is 122 Å². The van der Waals surface area contributed by atoms with Crippen molar-refractivity contribution >= 4 is 93.7 Å². The van der Waals surface area contributed by atoms with E-state index in [9.17, 15) is 22.1 Å². The van der Waals surface area contributed by atoms with Crippen LogP contribution >= 0.6 is 34.8 Å². The van der Waals surface area contributed by atoms with E-state index in [-0.39, 0.29) is 40.7 Å². The van der Waals surface area contributed by atoms with Crippen molar-refractivity contribution < 1.29 is 16.8 Å². The Morgan fingerprint density at radius 3 is 1.63 bits per heavy atom. The average molecular weight is 1030 g/mol. The van der Waals surface area contributed by atoms with Crippen LogP contribution in [0.3, 0.4) is 0 Å². The average Bonchev–Trinajstić information content (AvgIpc) is 3.92. The third-order valence-corrected chi connectivity index (χ3v) is 13.7. The molecule has 0 spiro atoms. The van der Waals surface area contributed by atoms with Gasteiger partial charge in [0.1, 0.15) is 12.1 Å². The van der Waals surface area contributed by atoms with Crippen LogP contribution in [0.4, 0.5) is 17.1 Å². The quantitative estimate of drug-likeness (QED) is 0.104. The van der Waals surface area contributed by atoms with Crippen LogP contribution < -0.4 is 20.5 Å². The number of benzene rings is 4. The van der Waals surface area contributed by atoms with Crippen molar-refractivity contribution in [2.75, 3.05) is 27.3 Å². The molecular weight excluding hydrogens is 987 g/mol. The first-order valence-corrected chi connectivity index (χ1v) is 26.2. The van der Waals surface area contributed by atoms with E-state index in [0.717, 1.165) is 65.9 Å². The molecular formula is C51H45Cl3N10O4S2. The number of nitrogens with one attached hydrogen (secondary N) is 3. The molecule has 0 saturated carbocycles. The van der Waals surface area contributed by atoms with Gasteiger partial charge in [0.2, 0.25) is 20.0 Å². The van der Waals surface area contributed by atoms with Gasteiger partial charge < -0.3 is 11.1 Å². The highest BCUT2D eigenvalue weighted by atomic mass is 35.5. The van der Waals surface area contributed by atoms with E-state index >= 15 is 0 Å². The van der Waals surface area contributed by atoms with Crippen molar-refractivity contribution in [2.24, 2.45) is 5.73 Å². The van der Waals surface area contributed by atoms with E-state index in [1.807, 2.05) is 36.4 Å². The maximum absolute atomic E-state index is 11.7. The second kappa shape index (κ2) is 21.4. The fourth-order valence-corrected chi connectivity index (χ4v) is 10.0. The molecule has 4 heterocycles. The third-order valence-electron chi connectivity index (χ3n) is 11.5. The number of anilines is 3. The summed E-state index contributed by atoms with van der Waals surface area (Å²) >= 11 is 18.3. The van der Waals surface area contributed by atoms with Crippen LogP contribution in [-0.2, 0) is 32.9 Å². The number of halogens is 3. The van der Waals surface area contributed by atoms with Crippen molar-refractivity contribution in [3.8, 4) is 34.4 Å². The first-order chi connectivity index (χ1) is 33.0. The van der Waals surface area contributed by atoms with Gasteiger partial charge in [0.25, 0.3) is 0 Å². The standard InChI is InChI=1S/C25H20ClN5O2S.C16H10Cl2N4O2S.C9H11N.CH4/c1-34(32,33)31-23-11-17(13-29-25(23)26)16-7-8-21-20(10-16)24(18(12-27)14-28-21)30-22-9-6-15-4-2-3-5-19(15)22;1-25(23,24)22-14-5-10(7-21-16(14)18)9-2-3-13-12(4-9)15(17)11(6-19)8-20-13;10-9-6-5-7-3-1-2-4-8(7)9;/h2-5,7-8,10-11,13-14,22,31H,6,9H2,1H3,(H,28,30);2-5,7-8,22H,1H3;1-4,9H,5-6,10H2;1H4. The molecule has 0 fully saturated rings. The molecule has 2 unspecified atom stereocenters. The van der Waals surface area contributed by atoms with Gasteiger partial charge in [0.05, 0.1) is 62.8 Å². The van der Waals surface area contributed by atoms with Crippen LogP contribution in [0.5, 0.6) is 0 Å². The number of hydrogen-bond acceptors (Lipinski definition) is 12. The molecule has 0 saturated heterocycles. The second-order valence-corrected chi connectivity index (χ2v) is 21.0. The van der Waals surface area contributed by atoms with Crippen LogP contribution in [0, 0.1) is 22.7 Å². The Morgan fingerprint density at radius 2 is 1.09 bits per heavy atom. The number of hydrogen-bond donors (Lipinski definition) is 4. The summed E-state index contributed by atoms with van der Waals surface area (Å²) in [5.74, 6) is 0. The molecule has 2 aliphatic rings. The minimum atomic E-state index is -3.52. The molecule has 2 atom stereocenters. The summed E-state index contributed by atoms with van der Waals surface area (Å²) in [6.07, 6.45) is 12.4. The summed E-state index contributed by atoms with van der Waals surface area (Å²) in [7, 11) is -7.01. The first-order valence-electron chi connectivity index (χ1n) is 21.2. The fourth-order valence-electron chi connectivity index (χ4n) is 8.26. The number of aryl methyl sites for hydroxylation is 2. The largest absolute Gasteiger partial charge is 0.377 e. The van der Waals surface area contributed by atoms with Crippen LogP contribution in [0.1, 0.15) is 65.7 Å². The molecule has 4 aromatic carbocycles. The zero-order valence-corrected chi connectivity index (χ0v) is 40.8. The Morgan fingerprint density at radius 1 is 0.600 bits per heavy atom. The van der Waals surface area contributed by atoms with E-state index in [1.165, 1.54) is 34.6 Å². The monoisotopic (exact) mass is 1030 g/mol. The molecule has 8 aromatic rings. The minimum absolute atomic E-state index is 0. The van der Waals surface area contributed by atoms with Gasteiger partial charge in [-0.3, -0.25) is 19.4 Å². The Labute approximate surface area is 421 Å².